The number of likely N-dealkylation sites (N-methyl/N-ethyl adjacent to an activating group) is 1. The van der Waals surface area contributed by atoms with Crippen LogP contribution in [0.4, 0.5) is 0 Å². The van der Waals surface area contributed by atoms with Crippen molar-refractivity contribution in [3.05, 3.63) is 30.7 Å². The second-order valence-corrected chi connectivity index (χ2v) is 3.59. The molecule has 2 rings (SSSR count). The Bertz CT molecular complexity index is 419. The van der Waals surface area contributed by atoms with E-state index in [9.17, 15) is 0 Å². The predicted octanol–water partition coefficient (Wildman–Crippen LogP) is 1.64. The van der Waals surface area contributed by atoms with E-state index in [-0.39, 0.29) is 0 Å². The fraction of sp³-hybridized carbons (Fsp3) is 0.364. The third-order valence-corrected chi connectivity index (χ3v) is 2.53. The van der Waals surface area contributed by atoms with E-state index >= 15 is 0 Å². The molecule has 1 atom stereocenters. The Kier molecular flexibility index (Phi) is 2.50. The van der Waals surface area contributed by atoms with E-state index in [2.05, 4.69) is 40.1 Å². The second-order valence-electron chi connectivity index (χ2n) is 3.59. The van der Waals surface area contributed by atoms with Crippen molar-refractivity contribution >= 4 is 10.9 Å². The van der Waals surface area contributed by atoms with Crippen molar-refractivity contribution in [2.24, 2.45) is 0 Å². The molecule has 3 nitrogen and oxygen atoms in total. The maximum atomic E-state index is 4.10. The van der Waals surface area contributed by atoms with E-state index < -0.39 is 0 Å². The van der Waals surface area contributed by atoms with Crippen molar-refractivity contribution in [2.75, 3.05) is 7.05 Å². The molecule has 2 aromatic heterocycles. The van der Waals surface area contributed by atoms with Crippen LogP contribution in [0.25, 0.3) is 10.9 Å². The monoisotopic (exact) mass is 189 g/mol. The molecular weight excluding hydrogens is 174 g/mol. The average molecular weight is 189 g/mol. The first kappa shape index (κ1) is 9.21. The van der Waals surface area contributed by atoms with Gasteiger partial charge in [-0.3, -0.25) is 4.98 Å². The number of fused-ring (bicyclic) bond motifs is 1. The topological polar surface area (TPSA) is 29.9 Å². The summed E-state index contributed by atoms with van der Waals surface area (Å²) in [6.07, 6.45) is 5.85. The molecule has 0 saturated carbocycles. The van der Waals surface area contributed by atoms with Crippen LogP contribution in [-0.4, -0.2) is 22.6 Å². The van der Waals surface area contributed by atoms with Gasteiger partial charge in [0.15, 0.2) is 0 Å². The maximum absolute atomic E-state index is 4.10. The standard InChI is InChI=1S/C11H15N3/c1-9(12-2)8-14-6-4-10-7-13-5-3-11(10)14/h3-7,9,12H,8H2,1-2H3/t9-/m1/s1. The lowest BCUT2D eigenvalue weighted by Crippen LogP contribution is -2.26. The highest BCUT2D eigenvalue weighted by Gasteiger charge is 2.03. The third-order valence-electron chi connectivity index (χ3n) is 2.53. The lowest BCUT2D eigenvalue weighted by Gasteiger charge is -2.11. The van der Waals surface area contributed by atoms with Gasteiger partial charge in [0.2, 0.25) is 0 Å². The van der Waals surface area contributed by atoms with Crippen LogP contribution in [0.2, 0.25) is 0 Å². The Morgan fingerprint density at radius 1 is 1.50 bits per heavy atom. The first-order chi connectivity index (χ1) is 6.81. The van der Waals surface area contributed by atoms with Crippen LogP contribution >= 0.6 is 0 Å². The quantitative estimate of drug-likeness (QED) is 0.795. The highest BCUT2D eigenvalue weighted by atomic mass is 15.0. The summed E-state index contributed by atoms with van der Waals surface area (Å²) in [6.45, 7) is 3.16. The van der Waals surface area contributed by atoms with Crippen molar-refractivity contribution in [1.82, 2.24) is 14.9 Å². The Balaban J connectivity index is 2.33. The van der Waals surface area contributed by atoms with Gasteiger partial charge in [-0.15, -0.1) is 0 Å². The van der Waals surface area contributed by atoms with Gasteiger partial charge in [0.1, 0.15) is 0 Å². The molecule has 1 N–H and O–H groups in total. The summed E-state index contributed by atoms with van der Waals surface area (Å²) in [5, 5.41) is 4.44. The van der Waals surface area contributed by atoms with Crippen LogP contribution in [-0.2, 0) is 6.54 Å². The number of hydrogen-bond donors (Lipinski definition) is 1. The Hall–Kier alpha value is -1.35. The minimum atomic E-state index is 0.485. The van der Waals surface area contributed by atoms with Crippen molar-refractivity contribution in [2.45, 2.75) is 19.5 Å². The number of nitrogens with one attached hydrogen (secondary N) is 1. The molecule has 0 aliphatic heterocycles. The lowest BCUT2D eigenvalue weighted by atomic mass is 10.3. The van der Waals surface area contributed by atoms with Crippen molar-refractivity contribution in [1.29, 1.82) is 0 Å². The van der Waals surface area contributed by atoms with Crippen LogP contribution < -0.4 is 5.32 Å². The summed E-state index contributed by atoms with van der Waals surface area (Å²) >= 11 is 0. The van der Waals surface area contributed by atoms with Crippen LogP contribution in [0.5, 0.6) is 0 Å². The van der Waals surface area contributed by atoms with Gasteiger partial charge in [0.25, 0.3) is 0 Å². The summed E-state index contributed by atoms with van der Waals surface area (Å²) < 4.78 is 2.25. The summed E-state index contributed by atoms with van der Waals surface area (Å²) in [4.78, 5) is 4.10. The molecule has 2 aromatic rings. The van der Waals surface area contributed by atoms with Crippen LogP contribution in [0, 0.1) is 0 Å². The summed E-state index contributed by atoms with van der Waals surface area (Å²) in [6, 6.07) is 4.64. The Morgan fingerprint density at radius 3 is 3.14 bits per heavy atom. The smallest absolute Gasteiger partial charge is 0.0511 e. The first-order valence-electron chi connectivity index (χ1n) is 4.87. The first-order valence-corrected chi connectivity index (χ1v) is 4.87. The molecule has 0 aliphatic rings. The molecule has 0 aromatic carbocycles. The Labute approximate surface area is 83.8 Å². The van der Waals surface area contributed by atoms with Gasteiger partial charge in [-0.2, -0.15) is 0 Å². The lowest BCUT2D eigenvalue weighted by molar-refractivity contribution is 0.525. The maximum Gasteiger partial charge on any atom is 0.0511 e. The highest BCUT2D eigenvalue weighted by Crippen LogP contribution is 2.13. The average Bonchev–Trinajstić information content (AvgIpc) is 2.62. The zero-order chi connectivity index (χ0) is 9.97. The largest absolute Gasteiger partial charge is 0.346 e. The van der Waals surface area contributed by atoms with E-state index in [1.807, 2.05) is 19.4 Å². The van der Waals surface area contributed by atoms with E-state index in [0.29, 0.717) is 6.04 Å². The van der Waals surface area contributed by atoms with Crippen molar-refractivity contribution in [3.8, 4) is 0 Å². The molecular formula is C11H15N3. The molecule has 0 radical (unpaired) electrons. The van der Waals surface area contributed by atoms with Gasteiger partial charge in [-0.25, -0.2) is 0 Å². The number of aromatic nitrogens is 2. The fourth-order valence-corrected chi connectivity index (χ4v) is 1.59. The van der Waals surface area contributed by atoms with E-state index in [0.717, 1.165) is 6.54 Å². The van der Waals surface area contributed by atoms with Gasteiger partial charge >= 0.3 is 0 Å². The van der Waals surface area contributed by atoms with E-state index in [1.165, 1.54) is 10.9 Å². The summed E-state index contributed by atoms with van der Waals surface area (Å²) in [7, 11) is 1.98. The SMILES string of the molecule is CN[C@H](C)Cn1ccc2cnccc21. The fourth-order valence-electron chi connectivity index (χ4n) is 1.59. The molecule has 0 unspecified atom stereocenters. The van der Waals surface area contributed by atoms with Crippen molar-refractivity contribution < 1.29 is 0 Å². The minimum Gasteiger partial charge on any atom is -0.346 e. The molecule has 0 bridgehead atoms. The molecule has 14 heavy (non-hydrogen) atoms. The molecule has 0 spiro atoms. The van der Waals surface area contributed by atoms with E-state index in [1.54, 1.807) is 0 Å². The predicted molar refractivity (Wildman–Crippen MR) is 58.3 cm³/mol. The molecule has 0 aliphatic carbocycles. The third kappa shape index (κ3) is 1.63. The van der Waals surface area contributed by atoms with Crippen molar-refractivity contribution in [3.63, 3.8) is 0 Å². The highest BCUT2D eigenvalue weighted by molar-refractivity contribution is 5.78. The normalized spacial score (nSPS) is 13.3. The molecule has 3 heteroatoms. The van der Waals surface area contributed by atoms with Gasteiger partial charge in [0, 0.05) is 36.6 Å². The van der Waals surface area contributed by atoms with Gasteiger partial charge in [-0.05, 0) is 26.1 Å². The minimum absolute atomic E-state index is 0.485. The second kappa shape index (κ2) is 3.80. The van der Waals surface area contributed by atoms with Gasteiger partial charge in [0.05, 0.1) is 5.52 Å². The zero-order valence-electron chi connectivity index (χ0n) is 8.57. The van der Waals surface area contributed by atoms with Crippen LogP contribution in [0.1, 0.15) is 6.92 Å². The number of rotatable bonds is 3. The number of hydrogen-bond acceptors (Lipinski definition) is 2. The van der Waals surface area contributed by atoms with Gasteiger partial charge < -0.3 is 9.88 Å². The van der Waals surface area contributed by atoms with Crippen LogP contribution in [0.15, 0.2) is 30.7 Å². The summed E-state index contributed by atoms with van der Waals surface area (Å²) in [5.74, 6) is 0. The Morgan fingerprint density at radius 2 is 2.36 bits per heavy atom. The molecule has 2 heterocycles. The van der Waals surface area contributed by atoms with Gasteiger partial charge in [-0.1, -0.05) is 0 Å². The molecule has 74 valence electrons. The van der Waals surface area contributed by atoms with Crippen LogP contribution in [0.3, 0.4) is 0 Å². The zero-order valence-corrected chi connectivity index (χ0v) is 8.57. The number of pyridine rings is 1. The number of nitrogens with zero attached hydrogens (tertiary/aromatic N) is 2. The van der Waals surface area contributed by atoms with E-state index in [4.69, 9.17) is 0 Å². The molecule has 0 amide bonds. The summed E-state index contributed by atoms with van der Waals surface area (Å²) in [5.41, 5.74) is 1.25. The molecule has 0 saturated heterocycles. The molecule has 0 fully saturated rings.